The molecule has 0 aliphatic rings. The smallest absolute Gasteiger partial charge is 0.413 e. The molecule has 0 spiro atoms. The van der Waals surface area contributed by atoms with Crippen LogP contribution in [0.4, 0.5) is 0 Å². The van der Waals surface area contributed by atoms with E-state index in [9.17, 15) is 0 Å². The lowest BCUT2D eigenvalue weighted by Crippen LogP contribution is -2.10. The number of aromatic nitrogens is 1. The second-order valence-corrected chi connectivity index (χ2v) is 1.10. The molecule has 0 fully saturated rings. The third-order valence-electron chi connectivity index (χ3n) is 0.599. The summed E-state index contributed by atoms with van der Waals surface area (Å²) in [6.45, 7) is 0. The average Bonchev–Trinajstić information content (AvgIpc) is 2.19. The van der Waals surface area contributed by atoms with Gasteiger partial charge in [-0.1, -0.05) is 0 Å². The van der Waals surface area contributed by atoms with Crippen molar-refractivity contribution in [3.8, 4) is 6.08 Å². The molecule has 0 aromatic carbocycles. The number of hydrogen-bond donors (Lipinski definition) is 1. The highest BCUT2D eigenvalue weighted by atomic mass is 16.7. The summed E-state index contributed by atoms with van der Waals surface area (Å²) in [4.78, 5) is 8.27. The van der Waals surface area contributed by atoms with Crippen molar-refractivity contribution in [1.82, 2.24) is 10.5 Å². The molecule has 0 saturated carbocycles. The first-order valence-corrected chi connectivity index (χ1v) is 2.16. The van der Waals surface area contributed by atoms with E-state index in [0.717, 1.165) is 0 Å². The maximum absolute atomic E-state index is 4.68. The summed E-state index contributed by atoms with van der Waals surface area (Å²) >= 11 is 0. The molecule has 4 heteroatoms. The number of nitrogens with zero attached hydrogens (tertiary/aromatic N) is 1. The van der Waals surface area contributed by atoms with Gasteiger partial charge in [-0.25, -0.2) is 0 Å². The summed E-state index contributed by atoms with van der Waals surface area (Å²) < 4.78 is 4.68. The van der Waals surface area contributed by atoms with Crippen molar-refractivity contribution in [2.24, 2.45) is 0 Å². The maximum Gasteiger partial charge on any atom is 0.413 e. The summed E-state index contributed by atoms with van der Waals surface area (Å²) in [6.07, 6.45) is 3.17. The molecule has 1 heterocycles. The monoisotopic (exact) mass is 114 g/mol. The topological polar surface area (TPSA) is 47.3 Å². The van der Waals surface area contributed by atoms with E-state index in [-0.39, 0.29) is 6.08 Å². The third kappa shape index (κ3) is 0.974. The van der Waals surface area contributed by atoms with Crippen molar-refractivity contribution in [1.29, 1.82) is 0 Å². The SMILES string of the molecule is CNOc1ncco1. The van der Waals surface area contributed by atoms with Gasteiger partial charge >= 0.3 is 6.08 Å². The van der Waals surface area contributed by atoms with E-state index in [2.05, 4.69) is 19.7 Å². The zero-order chi connectivity index (χ0) is 5.82. The number of oxazole rings is 1. The minimum Gasteiger partial charge on any atom is -0.416 e. The molecule has 8 heavy (non-hydrogen) atoms. The summed E-state index contributed by atoms with van der Waals surface area (Å²) in [6, 6.07) is 0. The summed E-state index contributed by atoms with van der Waals surface area (Å²) in [5, 5.41) is 0. The van der Waals surface area contributed by atoms with Gasteiger partial charge in [0.05, 0.1) is 6.20 Å². The van der Waals surface area contributed by atoms with Gasteiger partial charge in [0.2, 0.25) is 0 Å². The van der Waals surface area contributed by atoms with Gasteiger partial charge in [0.25, 0.3) is 0 Å². The summed E-state index contributed by atoms with van der Waals surface area (Å²) in [5.74, 6) is 0. The minimum atomic E-state index is 0.229. The van der Waals surface area contributed by atoms with Crippen LogP contribution in [0.15, 0.2) is 16.9 Å². The Bertz CT molecular complexity index is 138. The fraction of sp³-hybridized carbons (Fsp3) is 0.250. The van der Waals surface area contributed by atoms with E-state index in [1.54, 1.807) is 7.05 Å². The van der Waals surface area contributed by atoms with Gasteiger partial charge in [0.15, 0.2) is 0 Å². The summed E-state index contributed by atoms with van der Waals surface area (Å²) in [5.41, 5.74) is 2.41. The van der Waals surface area contributed by atoms with Crippen LogP contribution in [0.1, 0.15) is 0 Å². The van der Waals surface area contributed by atoms with E-state index in [1.165, 1.54) is 12.5 Å². The van der Waals surface area contributed by atoms with Crippen molar-refractivity contribution >= 4 is 0 Å². The normalized spacial score (nSPS) is 9.12. The molecule has 1 N–H and O–H groups in total. The highest BCUT2D eigenvalue weighted by molar-refractivity contribution is 4.82. The molecule has 1 aromatic heterocycles. The fourth-order valence-electron chi connectivity index (χ4n) is 0.348. The van der Waals surface area contributed by atoms with Gasteiger partial charge in [-0.3, -0.25) is 0 Å². The quantitative estimate of drug-likeness (QED) is 0.557. The zero-order valence-corrected chi connectivity index (χ0v) is 4.42. The number of nitrogens with one attached hydrogen (secondary N) is 1. The predicted molar refractivity (Wildman–Crippen MR) is 26.2 cm³/mol. The molecule has 4 nitrogen and oxygen atoms in total. The molecule has 0 unspecified atom stereocenters. The van der Waals surface area contributed by atoms with E-state index in [4.69, 9.17) is 0 Å². The lowest BCUT2D eigenvalue weighted by molar-refractivity contribution is 0.158. The maximum atomic E-state index is 4.68. The Morgan fingerprint density at radius 2 is 2.75 bits per heavy atom. The first kappa shape index (κ1) is 5.11. The highest BCUT2D eigenvalue weighted by Gasteiger charge is 1.91. The van der Waals surface area contributed by atoms with Crippen LogP contribution in [0.25, 0.3) is 0 Å². The van der Waals surface area contributed by atoms with E-state index in [0.29, 0.717) is 0 Å². The van der Waals surface area contributed by atoms with Crippen molar-refractivity contribution in [3.63, 3.8) is 0 Å². The van der Waals surface area contributed by atoms with Gasteiger partial charge in [-0.15, -0.1) is 0 Å². The molecule has 0 atom stereocenters. The lowest BCUT2D eigenvalue weighted by atomic mass is 11.0. The minimum absolute atomic E-state index is 0.229. The molecule has 44 valence electrons. The fourth-order valence-corrected chi connectivity index (χ4v) is 0.348. The second kappa shape index (κ2) is 2.32. The van der Waals surface area contributed by atoms with Gasteiger partial charge in [-0.05, 0) is 0 Å². The Kier molecular flexibility index (Phi) is 1.48. The predicted octanol–water partition coefficient (Wildman–Crippen LogP) is 0.188. The Hall–Kier alpha value is -1.03. The molecular weight excluding hydrogens is 108 g/mol. The van der Waals surface area contributed by atoms with Crippen LogP contribution in [-0.4, -0.2) is 12.0 Å². The molecule has 0 saturated heterocycles. The largest absolute Gasteiger partial charge is 0.416 e. The molecular formula is C4H6N2O2. The first-order chi connectivity index (χ1) is 3.93. The molecule has 0 aliphatic heterocycles. The molecule has 0 radical (unpaired) electrons. The molecule has 1 rings (SSSR count). The third-order valence-corrected chi connectivity index (χ3v) is 0.599. The van der Waals surface area contributed by atoms with Gasteiger partial charge in [0, 0.05) is 7.05 Å². The number of rotatable bonds is 2. The molecule has 0 aliphatic carbocycles. The Morgan fingerprint density at radius 1 is 1.88 bits per heavy atom. The van der Waals surface area contributed by atoms with Crippen LogP contribution in [-0.2, 0) is 0 Å². The Morgan fingerprint density at radius 3 is 3.25 bits per heavy atom. The van der Waals surface area contributed by atoms with Gasteiger partial charge in [-0.2, -0.15) is 10.5 Å². The van der Waals surface area contributed by atoms with Crippen LogP contribution >= 0.6 is 0 Å². The van der Waals surface area contributed by atoms with Crippen LogP contribution in [0.5, 0.6) is 6.08 Å². The van der Waals surface area contributed by atoms with Crippen LogP contribution in [0.3, 0.4) is 0 Å². The van der Waals surface area contributed by atoms with Crippen LogP contribution < -0.4 is 10.3 Å². The highest BCUT2D eigenvalue weighted by Crippen LogP contribution is 2.00. The first-order valence-electron chi connectivity index (χ1n) is 2.16. The van der Waals surface area contributed by atoms with E-state index in [1.807, 2.05) is 0 Å². The van der Waals surface area contributed by atoms with Crippen molar-refractivity contribution in [3.05, 3.63) is 12.5 Å². The van der Waals surface area contributed by atoms with E-state index < -0.39 is 0 Å². The molecule has 1 aromatic rings. The number of hydroxylamine groups is 1. The van der Waals surface area contributed by atoms with Crippen molar-refractivity contribution in [2.45, 2.75) is 0 Å². The Balaban J connectivity index is 2.50. The second-order valence-electron chi connectivity index (χ2n) is 1.10. The van der Waals surface area contributed by atoms with Crippen LogP contribution in [0, 0.1) is 0 Å². The number of hydrogen-bond acceptors (Lipinski definition) is 4. The van der Waals surface area contributed by atoms with Crippen LogP contribution in [0.2, 0.25) is 0 Å². The van der Waals surface area contributed by atoms with Gasteiger partial charge in [0.1, 0.15) is 6.26 Å². The zero-order valence-electron chi connectivity index (χ0n) is 4.42. The summed E-state index contributed by atoms with van der Waals surface area (Å²) in [7, 11) is 1.63. The lowest BCUT2D eigenvalue weighted by Gasteiger charge is -1.91. The molecule has 0 amide bonds. The Labute approximate surface area is 46.4 Å². The standard InChI is InChI=1S/C4H6N2O2/c1-5-8-4-6-2-3-7-4/h2-3,5H,1H3. The van der Waals surface area contributed by atoms with Crippen molar-refractivity contribution in [2.75, 3.05) is 7.05 Å². The average molecular weight is 114 g/mol. The van der Waals surface area contributed by atoms with Gasteiger partial charge < -0.3 is 9.25 Å². The molecule has 0 bridgehead atoms. The van der Waals surface area contributed by atoms with E-state index >= 15 is 0 Å². The van der Waals surface area contributed by atoms with Crippen molar-refractivity contribution < 1.29 is 9.25 Å².